The first-order valence-corrected chi connectivity index (χ1v) is 40.1. The molecule has 0 aliphatic carbocycles. The summed E-state index contributed by atoms with van der Waals surface area (Å²) in [6.07, 6.45) is -7.27. The number of phenolic OH excluding ortho intramolecular Hbond substituents is 1. The molecule has 0 spiro atoms. The minimum absolute atomic E-state index is 0.00474. The molecule has 19 atom stereocenters. The van der Waals surface area contributed by atoms with Crippen LogP contribution in [-0.2, 0) is 68.7 Å². The number of fused-ring (bicyclic) bond motifs is 2. The van der Waals surface area contributed by atoms with E-state index < -0.39 is 207 Å². The van der Waals surface area contributed by atoms with Crippen molar-refractivity contribution in [1.29, 1.82) is 0 Å². The van der Waals surface area contributed by atoms with Crippen LogP contribution in [0.1, 0.15) is 168 Å². The molecule has 20 N–H and O–H groups in total. The molecule has 0 radical (unpaired) electrons. The molecule has 2 aromatic carbocycles. The van der Waals surface area contributed by atoms with E-state index in [1.807, 2.05) is 20.1 Å². The predicted octanol–water partition coefficient (Wildman–Crippen LogP) is -2.10. The summed E-state index contributed by atoms with van der Waals surface area (Å²) in [5.74, 6) is -9.53. The summed E-state index contributed by atoms with van der Waals surface area (Å²) in [6, 6.07) is -1.88. The van der Waals surface area contributed by atoms with E-state index in [0.29, 0.717) is 42.4 Å². The SMILES string of the molecule is CCC(C)CC(C)CCCCCCCCC(=O)NC1CC(O)C(OCCNC(=O)CCNC(=O)C(Cc2ccccc2)NC(=O)C(CC(C)C)NC(=O)C(CCSC)NC=O)NC(=O)C2C(O)CCN2C(=O)C(C(O)CCN)NC(=O)C(C(O)C(O)c2ccc(O)cc2)NC(=O)C2CC(O)CN2C(=O)C(C(C)O)NC1=O. The molecule has 34 nitrogen and oxygen atoms in total. The lowest BCUT2D eigenvalue weighted by molar-refractivity contribution is -0.150. The van der Waals surface area contributed by atoms with Crippen molar-refractivity contribution in [3.63, 3.8) is 0 Å². The molecule has 3 aliphatic rings. The third-order valence-corrected chi connectivity index (χ3v) is 20.8. The van der Waals surface area contributed by atoms with E-state index >= 15 is 0 Å². The van der Waals surface area contributed by atoms with Crippen LogP contribution in [0.15, 0.2) is 54.6 Å². The van der Waals surface area contributed by atoms with E-state index in [2.05, 4.69) is 73.9 Å². The van der Waals surface area contributed by atoms with Gasteiger partial charge in [-0.3, -0.25) is 57.5 Å². The lowest BCUT2D eigenvalue weighted by Crippen LogP contribution is -2.64. The lowest BCUT2D eigenvalue weighted by atomic mass is 9.91. The summed E-state index contributed by atoms with van der Waals surface area (Å²) in [7, 11) is 0. The number of carbonyl (C=O) groups is 12. The number of thioether (sulfide) groups is 1. The fraction of sp³-hybridized carbons (Fsp3) is 0.684. The second-order valence-corrected chi connectivity index (χ2v) is 30.8. The summed E-state index contributed by atoms with van der Waals surface area (Å²) in [5, 5.41) is 117. The van der Waals surface area contributed by atoms with Crippen molar-refractivity contribution in [1.82, 2.24) is 63.0 Å². The number of unbranched alkanes of at least 4 members (excludes halogenated alkanes) is 5. The second-order valence-electron chi connectivity index (χ2n) is 29.8. The number of aromatic hydroxyl groups is 1. The predicted molar refractivity (Wildman–Crippen MR) is 409 cm³/mol. The summed E-state index contributed by atoms with van der Waals surface area (Å²) < 4.78 is 6.06. The Kier molecular flexibility index (Phi) is 40.5. The molecule has 19 unspecified atom stereocenters. The van der Waals surface area contributed by atoms with Gasteiger partial charge in [-0.15, -0.1) is 0 Å². The van der Waals surface area contributed by atoms with Crippen molar-refractivity contribution in [3.05, 3.63) is 65.7 Å². The molecule has 12 amide bonds. The van der Waals surface area contributed by atoms with Crippen molar-refractivity contribution < 1.29 is 103 Å². The van der Waals surface area contributed by atoms with E-state index in [9.17, 15) is 98.4 Å². The molecule has 35 heteroatoms. The summed E-state index contributed by atoms with van der Waals surface area (Å²) >= 11 is 1.46. The molecule has 0 bridgehead atoms. The zero-order chi connectivity index (χ0) is 82.0. The minimum Gasteiger partial charge on any atom is -0.508 e. The number of phenols is 1. The van der Waals surface area contributed by atoms with E-state index in [1.165, 1.54) is 23.9 Å². The molecule has 3 heterocycles. The van der Waals surface area contributed by atoms with Crippen LogP contribution in [0.25, 0.3) is 0 Å². The highest BCUT2D eigenvalue weighted by atomic mass is 32.2. The zero-order valence-electron chi connectivity index (χ0n) is 64.8. The Morgan fingerprint density at radius 1 is 0.658 bits per heavy atom. The van der Waals surface area contributed by atoms with Crippen molar-refractivity contribution in [2.45, 2.75) is 260 Å². The highest BCUT2D eigenvalue weighted by Crippen LogP contribution is 2.28. The molecule has 2 aromatic rings. The second kappa shape index (κ2) is 48.1. The monoisotopic (exact) mass is 1580 g/mol. The van der Waals surface area contributed by atoms with Crippen molar-refractivity contribution >= 4 is 83.2 Å². The van der Waals surface area contributed by atoms with Gasteiger partial charge in [0.2, 0.25) is 71.4 Å². The number of rotatable bonds is 41. The number of hydrogen-bond acceptors (Lipinski definition) is 23. The Bertz CT molecular complexity index is 3310. The Morgan fingerprint density at radius 2 is 1.30 bits per heavy atom. The molecule has 0 saturated carbocycles. The van der Waals surface area contributed by atoms with Gasteiger partial charge in [0.1, 0.15) is 78.4 Å². The van der Waals surface area contributed by atoms with Gasteiger partial charge in [0, 0.05) is 58.3 Å². The number of nitrogens with two attached hydrogens (primary N) is 1. The number of amides is 12. The number of ether oxygens (including phenoxy) is 1. The Balaban J connectivity index is 1.46. The van der Waals surface area contributed by atoms with E-state index in [4.69, 9.17) is 10.5 Å². The molecule has 622 valence electrons. The number of benzene rings is 2. The largest absolute Gasteiger partial charge is 0.508 e. The highest BCUT2D eigenvalue weighted by molar-refractivity contribution is 7.98. The van der Waals surface area contributed by atoms with Crippen molar-refractivity contribution in [2.75, 3.05) is 51.3 Å². The van der Waals surface area contributed by atoms with Gasteiger partial charge in [0.05, 0.1) is 31.0 Å². The van der Waals surface area contributed by atoms with Crippen LogP contribution in [-0.4, -0.2) is 271 Å². The lowest BCUT2D eigenvalue weighted by Gasteiger charge is -2.35. The van der Waals surface area contributed by atoms with Gasteiger partial charge in [-0.25, -0.2) is 0 Å². The normalized spacial score (nSPS) is 24.1. The molecule has 5 rings (SSSR count). The molecule has 3 fully saturated rings. The van der Waals surface area contributed by atoms with Gasteiger partial charge in [-0.1, -0.05) is 122 Å². The van der Waals surface area contributed by atoms with E-state index in [-0.39, 0.29) is 75.4 Å². The number of aliphatic hydroxyl groups is 7. The van der Waals surface area contributed by atoms with Crippen LogP contribution in [0.4, 0.5) is 0 Å². The maximum absolute atomic E-state index is 15.0. The summed E-state index contributed by atoms with van der Waals surface area (Å²) in [5.41, 5.74) is 6.39. The van der Waals surface area contributed by atoms with Gasteiger partial charge in [0.25, 0.3) is 0 Å². The van der Waals surface area contributed by atoms with Crippen LogP contribution in [0, 0.1) is 17.8 Å². The molecular formula is C76H121N13O21S. The van der Waals surface area contributed by atoms with Gasteiger partial charge in [-0.2, -0.15) is 11.8 Å². The van der Waals surface area contributed by atoms with E-state index in [0.717, 1.165) is 73.8 Å². The third-order valence-electron chi connectivity index (χ3n) is 20.2. The number of carbonyl (C=O) groups excluding carboxylic acids is 12. The molecule has 111 heavy (non-hydrogen) atoms. The number of nitrogens with zero attached hydrogens (tertiary/aromatic N) is 2. The van der Waals surface area contributed by atoms with Crippen LogP contribution >= 0.6 is 11.8 Å². The Labute approximate surface area is 653 Å². The topological polar surface area (TPSA) is 529 Å². The van der Waals surface area contributed by atoms with Gasteiger partial charge in [0.15, 0.2) is 6.23 Å². The standard InChI is InChI=1S/C76H121N13O21S/c1-8-44(4)37-45(5)18-14-11-9-10-12-17-21-60(98)81-54-40-58(96)74(110-34-32-78-59(97)27-31-79-67(101)53(38-47-19-15-13-16-20-47)83-69(103)52(36-43(2)3)82-68(102)51(80-42-90)29-35-111-7)87-73(107)64-57(95)28-33-88(64)76(109)62(56(94)26-30-77)85-72(106)63(66(100)65(99)48-22-24-49(92)25-23-48)86-71(105)55-39-50(93)41-89(55)75(108)61(46(6)91)84-70(54)104/h13,15-16,19-20,22-25,42-46,50-58,61-66,74,91-96,99-100H,8-12,14,17-18,21,26-41,77H2,1-7H3,(H,78,97)(H,79,101)(H,80,90)(H,81,98)(H,82,102)(H,83,103)(H,84,104)(H,85,106)(H,86,105)(H,87,107). The van der Waals surface area contributed by atoms with Crippen LogP contribution in [0.5, 0.6) is 5.75 Å². The smallest absolute Gasteiger partial charge is 0.248 e. The van der Waals surface area contributed by atoms with E-state index in [1.54, 1.807) is 30.3 Å². The zero-order valence-corrected chi connectivity index (χ0v) is 65.6. The quantitative estimate of drug-likeness (QED) is 0.0251. The van der Waals surface area contributed by atoms with Crippen LogP contribution in [0.3, 0.4) is 0 Å². The average molecular weight is 1580 g/mol. The third kappa shape index (κ3) is 30.4. The summed E-state index contributed by atoms with van der Waals surface area (Å²) in [6.45, 7) is 8.85. The number of aliphatic hydroxyl groups excluding tert-OH is 7. The fourth-order valence-corrected chi connectivity index (χ4v) is 14.2. The molecular weight excluding hydrogens is 1460 g/mol. The van der Waals surface area contributed by atoms with Crippen molar-refractivity contribution in [2.24, 2.45) is 23.5 Å². The first-order chi connectivity index (χ1) is 52.8. The Hall–Kier alpha value is -8.13. The maximum atomic E-state index is 15.0. The number of hydrogen-bond donors (Lipinski definition) is 19. The molecule has 3 saturated heterocycles. The first-order valence-electron chi connectivity index (χ1n) is 38.7. The van der Waals surface area contributed by atoms with Crippen molar-refractivity contribution in [3.8, 4) is 5.75 Å². The maximum Gasteiger partial charge on any atom is 0.248 e. The fourth-order valence-electron chi connectivity index (χ4n) is 13.8. The number of nitrogens with one attached hydrogen (secondary N) is 10. The minimum atomic E-state index is -2.36. The van der Waals surface area contributed by atoms with Gasteiger partial charge >= 0.3 is 0 Å². The summed E-state index contributed by atoms with van der Waals surface area (Å²) in [4.78, 5) is 171. The van der Waals surface area contributed by atoms with Gasteiger partial charge in [-0.05, 0) is 105 Å². The Morgan fingerprint density at radius 3 is 1.95 bits per heavy atom. The highest BCUT2D eigenvalue weighted by Gasteiger charge is 2.49. The van der Waals surface area contributed by atoms with Crippen LogP contribution < -0.4 is 58.9 Å². The first kappa shape index (κ1) is 93.5. The molecule has 3 aliphatic heterocycles. The van der Waals surface area contributed by atoms with Crippen LogP contribution in [0.2, 0.25) is 0 Å². The van der Waals surface area contributed by atoms with Gasteiger partial charge < -0.3 is 114 Å². The average Bonchev–Trinajstić information content (AvgIpc) is 1.73. The molecule has 0 aromatic heterocycles.